The summed E-state index contributed by atoms with van der Waals surface area (Å²) < 4.78 is 11.3. The predicted molar refractivity (Wildman–Crippen MR) is 125 cm³/mol. The van der Waals surface area contributed by atoms with Gasteiger partial charge in [0.1, 0.15) is 16.3 Å². The summed E-state index contributed by atoms with van der Waals surface area (Å²) in [6.45, 7) is 6.89. The Kier molecular flexibility index (Phi) is 7.03. The first-order chi connectivity index (χ1) is 14.7. The van der Waals surface area contributed by atoms with Crippen LogP contribution in [0.5, 0.6) is 5.75 Å². The van der Waals surface area contributed by atoms with Crippen LogP contribution in [0.15, 0.2) is 60.0 Å². The molecule has 2 aromatic carbocycles. The molecule has 162 valence electrons. The molecule has 0 saturated heterocycles. The highest BCUT2D eigenvalue weighted by Crippen LogP contribution is 2.37. The Morgan fingerprint density at radius 3 is 2.29 bits per heavy atom. The Hall–Kier alpha value is -2.83. The van der Waals surface area contributed by atoms with Gasteiger partial charge in [-0.05, 0) is 57.5 Å². The van der Waals surface area contributed by atoms with Crippen LogP contribution in [0.3, 0.4) is 0 Å². The van der Waals surface area contributed by atoms with Crippen LogP contribution in [0.1, 0.15) is 38.1 Å². The maximum Gasteiger partial charge on any atom is 0.342 e. The third kappa shape index (κ3) is 5.66. The minimum Gasteiger partial charge on any atom is -0.478 e. The van der Waals surface area contributed by atoms with Crippen LogP contribution in [0.4, 0.5) is 5.00 Å². The summed E-state index contributed by atoms with van der Waals surface area (Å²) in [5.74, 6) is -0.357. The molecule has 0 spiro atoms. The van der Waals surface area contributed by atoms with Crippen LogP contribution in [-0.2, 0) is 9.53 Å². The van der Waals surface area contributed by atoms with Gasteiger partial charge in [0.25, 0.3) is 5.91 Å². The monoisotopic (exact) mass is 457 g/mol. The molecule has 1 N–H and O–H groups in total. The SMILES string of the molecule is CC(C)OC(=O)c1c(-c2ccccc2)csc1NC(=O)C(C)(C)Oc1ccc(Cl)cc1. The largest absolute Gasteiger partial charge is 0.478 e. The Morgan fingerprint density at radius 1 is 1.03 bits per heavy atom. The zero-order valence-corrected chi connectivity index (χ0v) is 19.3. The predicted octanol–water partition coefficient (Wildman–Crippen LogP) is 6.43. The molecule has 0 atom stereocenters. The van der Waals surface area contributed by atoms with E-state index >= 15 is 0 Å². The standard InChI is InChI=1S/C24H24ClNO4S/c1-15(2)29-22(27)20-19(16-8-6-5-7-9-16)14-31-21(20)26-23(28)24(3,4)30-18-12-10-17(25)11-13-18/h5-15H,1-4H3,(H,26,28). The van der Waals surface area contributed by atoms with E-state index in [-0.39, 0.29) is 12.0 Å². The lowest BCUT2D eigenvalue weighted by atomic mass is 10.0. The molecule has 0 aliphatic rings. The van der Waals surface area contributed by atoms with Gasteiger partial charge in [0, 0.05) is 16.0 Å². The summed E-state index contributed by atoms with van der Waals surface area (Å²) in [6, 6.07) is 16.3. The van der Waals surface area contributed by atoms with E-state index in [2.05, 4.69) is 5.32 Å². The van der Waals surface area contributed by atoms with E-state index in [0.29, 0.717) is 26.9 Å². The fourth-order valence-electron chi connectivity index (χ4n) is 2.85. The smallest absolute Gasteiger partial charge is 0.342 e. The van der Waals surface area contributed by atoms with Gasteiger partial charge in [-0.25, -0.2) is 4.79 Å². The van der Waals surface area contributed by atoms with Crippen LogP contribution in [0.2, 0.25) is 5.02 Å². The average molecular weight is 458 g/mol. The zero-order valence-electron chi connectivity index (χ0n) is 17.8. The van der Waals surface area contributed by atoms with Gasteiger partial charge in [-0.1, -0.05) is 41.9 Å². The summed E-state index contributed by atoms with van der Waals surface area (Å²) in [7, 11) is 0. The van der Waals surface area contributed by atoms with E-state index in [9.17, 15) is 9.59 Å². The number of thiophene rings is 1. The fraction of sp³-hybridized carbons (Fsp3) is 0.250. The van der Waals surface area contributed by atoms with Gasteiger partial charge in [0.15, 0.2) is 5.60 Å². The summed E-state index contributed by atoms with van der Waals surface area (Å²) in [5, 5.41) is 5.69. The van der Waals surface area contributed by atoms with Crippen LogP contribution >= 0.6 is 22.9 Å². The number of carbonyl (C=O) groups is 2. The molecule has 5 nitrogen and oxygen atoms in total. The summed E-state index contributed by atoms with van der Waals surface area (Å²) in [5.41, 5.74) is 0.722. The highest BCUT2D eigenvalue weighted by atomic mass is 35.5. The number of anilines is 1. The van der Waals surface area contributed by atoms with Gasteiger partial charge in [0.2, 0.25) is 0 Å². The number of benzene rings is 2. The zero-order chi connectivity index (χ0) is 22.6. The highest BCUT2D eigenvalue weighted by molar-refractivity contribution is 7.15. The van der Waals surface area contributed by atoms with Crippen molar-refractivity contribution in [3.05, 3.63) is 70.6 Å². The molecule has 0 aliphatic heterocycles. The molecule has 0 unspecified atom stereocenters. The number of amides is 1. The molecular formula is C24H24ClNO4S. The molecule has 1 amide bonds. The quantitative estimate of drug-likeness (QED) is 0.415. The van der Waals surface area contributed by atoms with Crippen LogP contribution in [0.25, 0.3) is 11.1 Å². The lowest BCUT2D eigenvalue weighted by Gasteiger charge is -2.25. The lowest BCUT2D eigenvalue weighted by Crippen LogP contribution is -2.42. The molecule has 0 radical (unpaired) electrons. The second-order valence-electron chi connectivity index (χ2n) is 7.69. The van der Waals surface area contributed by atoms with Crippen molar-refractivity contribution in [2.24, 2.45) is 0 Å². The van der Waals surface area contributed by atoms with E-state index < -0.39 is 11.6 Å². The number of halogens is 1. The molecule has 3 aromatic rings. The van der Waals surface area contributed by atoms with E-state index in [1.807, 2.05) is 35.7 Å². The lowest BCUT2D eigenvalue weighted by molar-refractivity contribution is -0.128. The Balaban J connectivity index is 1.89. The highest BCUT2D eigenvalue weighted by Gasteiger charge is 2.32. The molecular weight excluding hydrogens is 434 g/mol. The van der Waals surface area contributed by atoms with Crippen LogP contribution in [0, 0.1) is 0 Å². The van der Waals surface area contributed by atoms with Crippen molar-refractivity contribution in [1.82, 2.24) is 0 Å². The van der Waals surface area contributed by atoms with E-state index in [4.69, 9.17) is 21.1 Å². The van der Waals surface area contributed by atoms with Crippen molar-refractivity contribution in [3.8, 4) is 16.9 Å². The van der Waals surface area contributed by atoms with Crippen LogP contribution < -0.4 is 10.1 Å². The first-order valence-corrected chi connectivity index (χ1v) is 11.1. The normalized spacial score (nSPS) is 11.3. The van der Waals surface area contributed by atoms with Crippen molar-refractivity contribution >= 4 is 39.8 Å². The van der Waals surface area contributed by atoms with E-state index in [1.165, 1.54) is 11.3 Å². The number of nitrogens with one attached hydrogen (secondary N) is 1. The number of carbonyl (C=O) groups excluding carboxylic acids is 2. The molecule has 1 aromatic heterocycles. The summed E-state index contributed by atoms with van der Waals surface area (Å²) in [6.07, 6.45) is -0.288. The molecule has 0 bridgehead atoms. The van der Waals surface area contributed by atoms with Gasteiger partial charge in [-0.15, -0.1) is 11.3 Å². The topological polar surface area (TPSA) is 64.6 Å². The number of hydrogen-bond donors (Lipinski definition) is 1. The summed E-state index contributed by atoms with van der Waals surface area (Å²) in [4.78, 5) is 25.9. The van der Waals surface area contributed by atoms with Crippen molar-refractivity contribution in [1.29, 1.82) is 0 Å². The van der Waals surface area contributed by atoms with Crippen LogP contribution in [-0.4, -0.2) is 23.6 Å². The van der Waals surface area contributed by atoms with Gasteiger partial charge >= 0.3 is 5.97 Å². The van der Waals surface area contributed by atoms with E-state index in [1.54, 1.807) is 52.0 Å². The fourth-order valence-corrected chi connectivity index (χ4v) is 3.93. The molecule has 0 aliphatic carbocycles. The first-order valence-electron chi connectivity index (χ1n) is 9.81. The van der Waals surface area contributed by atoms with Crippen molar-refractivity contribution in [3.63, 3.8) is 0 Å². The van der Waals surface area contributed by atoms with Gasteiger partial charge < -0.3 is 14.8 Å². The number of ether oxygens (including phenoxy) is 2. The first kappa shape index (κ1) is 22.8. The second kappa shape index (κ2) is 9.54. The molecule has 1 heterocycles. The summed E-state index contributed by atoms with van der Waals surface area (Å²) >= 11 is 7.18. The maximum absolute atomic E-state index is 13.0. The van der Waals surface area contributed by atoms with Gasteiger partial charge in [-0.3, -0.25) is 4.79 Å². The number of rotatable bonds is 7. The molecule has 3 rings (SSSR count). The average Bonchev–Trinajstić information content (AvgIpc) is 3.13. The second-order valence-corrected chi connectivity index (χ2v) is 9.01. The molecule has 7 heteroatoms. The molecule has 0 saturated carbocycles. The third-order valence-corrected chi connectivity index (χ3v) is 5.53. The van der Waals surface area contributed by atoms with E-state index in [0.717, 1.165) is 5.56 Å². The Bertz CT molecular complexity index is 1060. The number of esters is 1. The van der Waals surface area contributed by atoms with Crippen molar-refractivity contribution < 1.29 is 19.1 Å². The van der Waals surface area contributed by atoms with Crippen molar-refractivity contribution in [2.75, 3.05) is 5.32 Å². The Morgan fingerprint density at radius 2 is 1.68 bits per heavy atom. The Labute approximate surface area is 191 Å². The molecule has 0 fully saturated rings. The minimum atomic E-state index is -1.19. The number of hydrogen-bond acceptors (Lipinski definition) is 5. The van der Waals surface area contributed by atoms with Gasteiger partial charge in [0.05, 0.1) is 6.10 Å². The maximum atomic E-state index is 13.0. The van der Waals surface area contributed by atoms with Gasteiger partial charge in [-0.2, -0.15) is 0 Å². The minimum absolute atomic E-state index is 0.288. The molecule has 31 heavy (non-hydrogen) atoms. The third-order valence-electron chi connectivity index (χ3n) is 4.38. The van der Waals surface area contributed by atoms with Crippen molar-refractivity contribution in [2.45, 2.75) is 39.4 Å².